The Labute approximate surface area is 71.5 Å². The summed E-state index contributed by atoms with van der Waals surface area (Å²) >= 11 is 5.47. The van der Waals surface area contributed by atoms with Gasteiger partial charge in [0.15, 0.2) is 0 Å². The summed E-state index contributed by atoms with van der Waals surface area (Å²) in [6.45, 7) is 2.15. The molecule has 11 heavy (non-hydrogen) atoms. The number of halogens is 1. The van der Waals surface area contributed by atoms with Crippen LogP contribution in [0.15, 0.2) is 0 Å². The average molecular weight is 174 g/mol. The number of nitrogens with zero attached hydrogens (tertiary/aromatic N) is 1. The van der Waals surface area contributed by atoms with Crippen molar-refractivity contribution in [3.8, 4) is 0 Å². The number of fused-ring (bicyclic) bond motifs is 3. The molecule has 3 saturated heterocycles. The van der Waals surface area contributed by atoms with Crippen molar-refractivity contribution in [2.45, 2.75) is 25.3 Å². The lowest BCUT2D eigenvalue weighted by molar-refractivity contribution is -0.120. The lowest BCUT2D eigenvalue weighted by atomic mass is 9.84. The number of rotatable bonds is 1. The number of carbonyl (C=O) groups excluding carboxylic acids is 1. The minimum Gasteiger partial charge on any atom is -0.292 e. The summed E-state index contributed by atoms with van der Waals surface area (Å²) in [4.78, 5) is 13.1. The van der Waals surface area contributed by atoms with E-state index in [1.807, 2.05) is 0 Å². The first-order valence-corrected chi connectivity index (χ1v) is 4.58. The van der Waals surface area contributed by atoms with Gasteiger partial charge in [0.25, 0.3) is 0 Å². The molecule has 0 aromatic carbocycles. The molecular weight excluding hydrogens is 162 g/mol. The van der Waals surface area contributed by atoms with Gasteiger partial charge in [-0.25, -0.2) is 0 Å². The first kappa shape index (κ1) is 7.56. The molecule has 0 aromatic heterocycles. The predicted octanol–water partition coefficient (Wildman–Crippen LogP) is 1.24. The molecule has 2 nitrogen and oxygen atoms in total. The minimum absolute atomic E-state index is 0.0455. The van der Waals surface area contributed by atoms with Gasteiger partial charge in [-0.1, -0.05) is 0 Å². The van der Waals surface area contributed by atoms with Crippen molar-refractivity contribution in [2.75, 3.05) is 13.1 Å². The molecule has 0 amide bonds. The van der Waals surface area contributed by atoms with Gasteiger partial charge in [0.2, 0.25) is 5.24 Å². The second-order valence-electron chi connectivity index (χ2n) is 3.53. The summed E-state index contributed by atoms with van der Waals surface area (Å²) in [7, 11) is 0. The molecule has 2 bridgehead atoms. The molecule has 0 aromatic rings. The highest BCUT2D eigenvalue weighted by molar-refractivity contribution is 6.64. The van der Waals surface area contributed by atoms with E-state index in [9.17, 15) is 4.79 Å². The average Bonchev–Trinajstić information content (AvgIpc) is 2.06. The van der Waals surface area contributed by atoms with Crippen molar-refractivity contribution in [1.29, 1.82) is 0 Å². The highest BCUT2D eigenvalue weighted by Gasteiger charge is 2.36. The summed E-state index contributed by atoms with van der Waals surface area (Å²) in [5.41, 5.74) is 0. The van der Waals surface area contributed by atoms with Gasteiger partial charge in [-0.15, -0.1) is 0 Å². The van der Waals surface area contributed by atoms with Crippen molar-refractivity contribution in [1.82, 2.24) is 4.90 Å². The number of piperidine rings is 3. The zero-order valence-electron chi connectivity index (χ0n) is 6.42. The number of carbonyl (C=O) groups is 1. The molecule has 3 aliphatic rings. The highest BCUT2D eigenvalue weighted by Crippen LogP contribution is 2.32. The van der Waals surface area contributed by atoms with Gasteiger partial charge in [0, 0.05) is 0 Å². The fourth-order valence-electron chi connectivity index (χ4n) is 2.20. The molecule has 3 aliphatic heterocycles. The third-order valence-corrected chi connectivity index (χ3v) is 3.16. The zero-order valence-corrected chi connectivity index (χ0v) is 7.18. The van der Waals surface area contributed by atoms with Crippen LogP contribution in [0.25, 0.3) is 0 Å². The van der Waals surface area contributed by atoms with E-state index in [0.29, 0.717) is 0 Å². The monoisotopic (exact) mass is 173 g/mol. The molecule has 1 atom stereocenters. The van der Waals surface area contributed by atoms with Gasteiger partial charge in [-0.3, -0.25) is 9.69 Å². The molecule has 0 spiro atoms. The van der Waals surface area contributed by atoms with Crippen LogP contribution in [0.4, 0.5) is 0 Å². The molecule has 1 unspecified atom stereocenters. The van der Waals surface area contributed by atoms with E-state index in [2.05, 4.69) is 4.90 Å². The maximum atomic E-state index is 10.9. The second kappa shape index (κ2) is 2.76. The number of hydrogen-bond acceptors (Lipinski definition) is 2. The number of hydrogen-bond donors (Lipinski definition) is 0. The molecule has 3 heteroatoms. The smallest absolute Gasteiger partial charge is 0.238 e. The maximum absolute atomic E-state index is 10.9. The Kier molecular flexibility index (Phi) is 1.90. The van der Waals surface area contributed by atoms with Crippen molar-refractivity contribution in [2.24, 2.45) is 5.92 Å². The topological polar surface area (TPSA) is 20.3 Å². The van der Waals surface area contributed by atoms with E-state index in [0.717, 1.165) is 25.4 Å². The molecule has 3 fully saturated rings. The molecule has 3 rings (SSSR count). The summed E-state index contributed by atoms with van der Waals surface area (Å²) in [6.07, 6.45) is 3.53. The lowest BCUT2D eigenvalue weighted by Gasteiger charge is -2.43. The Balaban J connectivity index is 2.08. The molecule has 62 valence electrons. The van der Waals surface area contributed by atoms with Crippen LogP contribution in [0.2, 0.25) is 0 Å². The van der Waals surface area contributed by atoms with Crippen molar-refractivity contribution in [3.05, 3.63) is 0 Å². The van der Waals surface area contributed by atoms with Crippen molar-refractivity contribution < 1.29 is 4.79 Å². The first-order valence-electron chi connectivity index (χ1n) is 4.21. The van der Waals surface area contributed by atoms with Gasteiger partial charge < -0.3 is 0 Å². The SMILES string of the molecule is O=C(Cl)C1CC2CCN1CC2. The third-order valence-electron chi connectivity index (χ3n) is 2.91. The van der Waals surface area contributed by atoms with Crippen LogP contribution in [0.3, 0.4) is 0 Å². The summed E-state index contributed by atoms with van der Waals surface area (Å²) in [5.74, 6) is 0.771. The van der Waals surface area contributed by atoms with Crippen LogP contribution in [-0.2, 0) is 4.79 Å². The quantitative estimate of drug-likeness (QED) is 0.556. The summed E-state index contributed by atoms with van der Waals surface area (Å²) < 4.78 is 0. The van der Waals surface area contributed by atoms with Gasteiger partial charge in [0.05, 0.1) is 6.04 Å². The normalized spacial score (nSPS) is 42.5. The maximum Gasteiger partial charge on any atom is 0.238 e. The molecular formula is C8H12ClNO. The van der Waals surface area contributed by atoms with E-state index in [-0.39, 0.29) is 11.3 Å². The van der Waals surface area contributed by atoms with Crippen LogP contribution >= 0.6 is 11.6 Å². The van der Waals surface area contributed by atoms with Gasteiger partial charge in [-0.05, 0) is 49.9 Å². The van der Waals surface area contributed by atoms with Crippen LogP contribution in [-0.4, -0.2) is 29.3 Å². The molecule has 0 radical (unpaired) electrons. The molecule has 3 heterocycles. The Morgan fingerprint density at radius 1 is 1.36 bits per heavy atom. The van der Waals surface area contributed by atoms with Gasteiger partial charge >= 0.3 is 0 Å². The van der Waals surface area contributed by atoms with Crippen LogP contribution in [0, 0.1) is 5.92 Å². The Morgan fingerprint density at radius 3 is 2.27 bits per heavy atom. The van der Waals surface area contributed by atoms with Crippen LogP contribution in [0.1, 0.15) is 19.3 Å². The van der Waals surface area contributed by atoms with Crippen molar-refractivity contribution >= 4 is 16.8 Å². The second-order valence-corrected chi connectivity index (χ2v) is 3.91. The van der Waals surface area contributed by atoms with E-state index in [1.54, 1.807) is 0 Å². The van der Waals surface area contributed by atoms with Crippen LogP contribution in [0.5, 0.6) is 0 Å². The Morgan fingerprint density at radius 2 is 2.00 bits per heavy atom. The molecule has 0 saturated carbocycles. The van der Waals surface area contributed by atoms with E-state index in [1.165, 1.54) is 12.8 Å². The zero-order chi connectivity index (χ0) is 7.84. The van der Waals surface area contributed by atoms with Crippen molar-refractivity contribution in [3.63, 3.8) is 0 Å². The van der Waals surface area contributed by atoms with Crippen LogP contribution < -0.4 is 0 Å². The third kappa shape index (κ3) is 1.30. The van der Waals surface area contributed by atoms with Gasteiger partial charge in [-0.2, -0.15) is 0 Å². The van der Waals surface area contributed by atoms with E-state index < -0.39 is 0 Å². The molecule has 0 aliphatic carbocycles. The minimum atomic E-state index is -0.158. The van der Waals surface area contributed by atoms with E-state index >= 15 is 0 Å². The Bertz CT molecular complexity index is 175. The van der Waals surface area contributed by atoms with E-state index in [4.69, 9.17) is 11.6 Å². The van der Waals surface area contributed by atoms with Gasteiger partial charge in [0.1, 0.15) is 0 Å². The predicted molar refractivity (Wildman–Crippen MR) is 43.6 cm³/mol. The fourth-order valence-corrected chi connectivity index (χ4v) is 2.43. The molecule has 0 N–H and O–H groups in total. The first-order chi connectivity index (χ1) is 5.27. The lowest BCUT2D eigenvalue weighted by Crippen LogP contribution is -2.51. The summed E-state index contributed by atoms with van der Waals surface area (Å²) in [5, 5.41) is -0.158. The highest BCUT2D eigenvalue weighted by atomic mass is 35.5. The largest absolute Gasteiger partial charge is 0.292 e. The standard InChI is InChI=1S/C8H12ClNO/c9-8(11)7-5-6-1-3-10(7)4-2-6/h6-7H,1-5H2. The Hall–Kier alpha value is -0.0800. The fraction of sp³-hybridized carbons (Fsp3) is 0.875. The summed E-state index contributed by atoms with van der Waals surface area (Å²) in [6, 6.07) is 0.0455.